The van der Waals surface area contributed by atoms with Crippen LogP contribution >= 0.6 is 0 Å². The summed E-state index contributed by atoms with van der Waals surface area (Å²) < 4.78 is 0. The summed E-state index contributed by atoms with van der Waals surface area (Å²) >= 11 is 0. The molecule has 1 aliphatic rings. The Morgan fingerprint density at radius 3 is 1.47 bits per heavy atom. The minimum Gasteiger partial charge on any atom is -0.101 e. The molecule has 2 atom stereocenters. The van der Waals surface area contributed by atoms with Crippen molar-refractivity contribution in [1.29, 1.82) is 0 Å². The summed E-state index contributed by atoms with van der Waals surface area (Å²) in [7, 11) is 17.9. The Kier molecular flexibility index (Phi) is 6.12. The minimum atomic E-state index is -0.203. The standard InChI is InChI=1S/C29H27B3/c1-28(2,21-8-14-25(30)15-9-21)20-4-6-22(7-5-20)29(3,23-10-16-26(31)17-11-23)24-12-18-27(32)19-13-24/h4-12,14-19,24H,13H2,1-3H3. The first kappa shape index (κ1) is 22.5. The average molecular weight is 408 g/mol. The lowest BCUT2D eigenvalue weighted by molar-refractivity contribution is 0.415. The Bertz CT molecular complexity index is 1140. The van der Waals surface area contributed by atoms with E-state index in [1.165, 1.54) is 22.3 Å². The normalized spacial score (nSPS) is 18.1. The Morgan fingerprint density at radius 1 is 0.625 bits per heavy atom. The predicted octanol–water partition coefficient (Wildman–Crippen LogP) is 4.53. The highest BCUT2D eigenvalue weighted by atomic mass is 14.4. The summed E-state index contributed by atoms with van der Waals surface area (Å²) in [6.45, 7) is 6.83. The van der Waals surface area contributed by atoms with Crippen molar-refractivity contribution in [1.82, 2.24) is 0 Å². The van der Waals surface area contributed by atoms with Crippen molar-refractivity contribution in [3.63, 3.8) is 0 Å². The number of hydrogen-bond acceptors (Lipinski definition) is 0. The van der Waals surface area contributed by atoms with E-state index in [1.807, 2.05) is 30.3 Å². The van der Waals surface area contributed by atoms with E-state index >= 15 is 0 Å². The van der Waals surface area contributed by atoms with E-state index in [2.05, 4.69) is 81.5 Å². The summed E-state index contributed by atoms with van der Waals surface area (Å²) in [6, 6.07) is 25.5. The van der Waals surface area contributed by atoms with Gasteiger partial charge in [-0.15, -0.1) is 5.47 Å². The molecule has 152 valence electrons. The molecule has 2 unspecified atom stereocenters. The molecule has 0 spiro atoms. The van der Waals surface area contributed by atoms with E-state index in [0.29, 0.717) is 5.92 Å². The zero-order valence-corrected chi connectivity index (χ0v) is 19.2. The van der Waals surface area contributed by atoms with Gasteiger partial charge in [0.05, 0.1) is 0 Å². The van der Waals surface area contributed by atoms with Gasteiger partial charge in [-0.2, -0.15) is 0 Å². The van der Waals surface area contributed by atoms with Crippen LogP contribution in [0.1, 0.15) is 49.4 Å². The van der Waals surface area contributed by atoms with Crippen LogP contribution in [0, 0.1) is 5.92 Å². The Morgan fingerprint density at radius 2 is 1.03 bits per heavy atom. The number of allylic oxidation sites excluding steroid dienone is 4. The summed E-state index contributed by atoms with van der Waals surface area (Å²) in [5.74, 6) is 0.300. The molecule has 3 heteroatoms. The molecule has 0 nitrogen and oxygen atoms in total. The molecule has 0 aliphatic heterocycles. The fraction of sp³-hybridized carbons (Fsp3) is 0.241. The van der Waals surface area contributed by atoms with Crippen molar-refractivity contribution in [3.05, 3.63) is 119 Å². The van der Waals surface area contributed by atoms with E-state index < -0.39 is 0 Å². The van der Waals surface area contributed by atoms with Crippen LogP contribution in [0.3, 0.4) is 0 Å². The maximum absolute atomic E-state index is 6.02. The first-order valence-electron chi connectivity index (χ1n) is 11.2. The van der Waals surface area contributed by atoms with Crippen LogP contribution < -0.4 is 10.9 Å². The van der Waals surface area contributed by atoms with Crippen molar-refractivity contribution in [2.45, 2.75) is 38.0 Å². The molecule has 0 bridgehead atoms. The quantitative estimate of drug-likeness (QED) is 0.545. The largest absolute Gasteiger partial charge is 0.113 e. The Hall–Kier alpha value is -2.67. The highest BCUT2D eigenvalue weighted by Crippen LogP contribution is 2.43. The van der Waals surface area contributed by atoms with E-state index in [0.717, 1.165) is 22.8 Å². The van der Waals surface area contributed by atoms with E-state index in [1.54, 1.807) is 0 Å². The molecule has 6 radical (unpaired) electrons. The summed E-state index contributed by atoms with van der Waals surface area (Å²) in [5, 5.41) is 0. The fourth-order valence-electron chi connectivity index (χ4n) is 4.79. The lowest BCUT2D eigenvalue weighted by Gasteiger charge is -2.39. The van der Waals surface area contributed by atoms with Crippen LogP contribution in [0.15, 0.2) is 96.5 Å². The smallest absolute Gasteiger partial charge is 0.101 e. The monoisotopic (exact) mass is 408 g/mol. The highest BCUT2D eigenvalue weighted by molar-refractivity contribution is 6.32. The van der Waals surface area contributed by atoms with Crippen LogP contribution in [-0.4, -0.2) is 23.5 Å². The van der Waals surface area contributed by atoms with Crippen molar-refractivity contribution >= 4 is 34.5 Å². The molecule has 0 aromatic heterocycles. The molecule has 0 fully saturated rings. The molecular weight excluding hydrogens is 381 g/mol. The zero-order valence-electron chi connectivity index (χ0n) is 19.2. The van der Waals surface area contributed by atoms with Gasteiger partial charge in [0.1, 0.15) is 23.5 Å². The third-order valence-electron chi connectivity index (χ3n) is 7.22. The van der Waals surface area contributed by atoms with Gasteiger partial charge >= 0.3 is 0 Å². The minimum absolute atomic E-state index is 0.119. The van der Waals surface area contributed by atoms with E-state index in [4.69, 9.17) is 23.5 Å². The SMILES string of the molecule is [B]C1=CCC(C(C)(c2ccc([B])cc2)c2ccc(C(C)(C)c3ccc([B])cc3)cc2)C=C1. The Balaban J connectivity index is 1.74. The van der Waals surface area contributed by atoms with Crippen molar-refractivity contribution in [2.24, 2.45) is 5.92 Å². The van der Waals surface area contributed by atoms with Crippen LogP contribution in [0.4, 0.5) is 0 Å². The van der Waals surface area contributed by atoms with Crippen LogP contribution in [0.5, 0.6) is 0 Å². The first-order chi connectivity index (χ1) is 15.2. The summed E-state index contributed by atoms with van der Waals surface area (Å²) in [5.41, 5.74) is 7.13. The van der Waals surface area contributed by atoms with Gasteiger partial charge < -0.3 is 0 Å². The lowest BCUT2D eigenvalue weighted by atomic mass is 9.63. The van der Waals surface area contributed by atoms with Gasteiger partial charge in [0.25, 0.3) is 0 Å². The molecule has 3 aromatic rings. The third-order valence-corrected chi connectivity index (χ3v) is 7.22. The van der Waals surface area contributed by atoms with E-state index in [9.17, 15) is 0 Å². The molecule has 4 rings (SSSR count). The molecule has 32 heavy (non-hydrogen) atoms. The van der Waals surface area contributed by atoms with Gasteiger partial charge in [-0.3, -0.25) is 0 Å². The van der Waals surface area contributed by atoms with Crippen molar-refractivity contribution < 1.29 is 0 Å². The van der Waals surface area contributed by atoms with Crippen molar-refractivity contribution in [3.8, 4) is 0 Å². The van der Waals surface area contributed by atoms with Crippen molar-refractivity contribution in [2.75, 3.05) is 0 Å². The fourth-order valence-corrected chi connectivity index (χ4v) is 4.79. The van der Waals surface area contributed by atoms with Gasteiger partial charge in [-0.1, -0.05) is 123 Å². The van der Waals surface area contributed by atoms with Crippen LogP contribution in [0.2, 0.25) is 0 Å². The second-order valence-electron chi connectivity index (χ2n) is 9.55. The first-order valence-corrected chi connectivity index (χ1v) is 11.2. The van der Waals surface area contributed by atoms with Gasteiger partial charge in [0.2, 0.25) is 0 Å². The zero-order chi connectivity index (χ0) is 22.9. The molecule has 3 aromatic carbocycles. The van der Waals surface area contributed by atoms with E-state index in [-0.39, 0.29) is 10.8 Å². The predicted molar refractivity (Wildman–Crippen MR) is 140 cm³/mol. The average Bonchev–Trinajstić information content (AvgIpc) is 2.80. The molecule has 0 N–H and O–H groups in total. The second-order valence-corrected chi connectivity index (χ2v) is 9.55. The highest BCUT2D eigenvalue weighted by Gasteiger charge is 2.36. The topological polar surface area (TPSA) is 0 Å². The second kappa shape index (κ2) is 8.70. The van der Waals surface area contributed by atoms with Crippen LogP contribution in [-0.2, 0) is 10.8 Å². The molecule has 0 saturated heterocycles. The maximum Gasteiger partial charge on any atom is 0.113 e. The molecule has 1 aliphatic carbocycles. The number of rotatable bonds is 5. The van der Waals surface area contributed by atoms with Gasteiger partial charge in [-0.25, -0.2) is 0 Å². The third kappa shape index (κ3) is 4.18. The molecule has 0 amide bonds. The summed E-state index contributed by atoms with van der Waals surface area (Å²) in [6.07, 6.45) is 7.31. The van der Waals surface area contributed by atoms with Gasteiger partial charge in [-0.05, 0) is 34.6 Å². The van der Waals surface area contributed by atoms with Gasteiger partial charge in [0.15, 0.2) is 0 Å². The molecular formula is C29H27B3. The number of hydrogen-bond donors (Lipinski definition) is 0. The Labute approximate surface area is 197 Å². The number of benzene rings is 3. The summed E-state index contributed by atoms with van der Waals surface area (Å²) in [4.78, 5) is 0. The van der Waals surface area contributed by atoms with Gasteiger partial charge in [0, 0.05) is 10.8 Å². The van der Waals surface area contributed by atoms with Crippen LogP contribution in [0.25, 0.3) is 0 Å². The lowest BCUT2D eigenvalue weighted by Crippen LogP contribution is -2.33. The molecule has 0 heterocycles. The maximum atomic E-state index is 6.02. The molecule has 0 saturated carbocycles.